The number of benzene rings is 1. The zero-order valence-corrected chi connectivity index (χ0v) is 16.5. The minimum atomic E-state index is -0.639. The van der Waals surface area contributed by atoms with Gasteiger partial charge in [-0.1, -0.05) is 6.07 Å². The Hall–Kier alpha value is -2.90. The molecule has 1 atom stereocenters. The van der Waals surface area contributed by atoms with E-state index in [0.29, 0.717) is 18.5 Å². The van der Waals surface area contributed by atoms with Crippen LogP contribution in [-0.4, -0.2) is 40.4 Å². The van der Waals surface area contributed by atoms with Crippen molar-refractivity contribution in [2.24, 2.45) is 0 Å². The zero-order valence-electron chi connectivity index (χ0n) is 16.5. The molecule has 8 nitrogen and oxygen atoms in total. The van der Waals surface area contributed by atoms with E-state index in [1.165, 1.54) is 4.90 Å². The van der Waals surface area contributed by atoms with Gasteiger partial charge in [-0.15, -0.1) is 0 Å². The molecule has 1 fully saturated rings. The van der Waals surface area contributed by atoms with Crippen molar-refractivity contribution in [2.75, 3.05) is 0 Å². The maximum Gasteiger partial charge on any atom is 0.407 e. The second kappa shape index (κ2) is 7.26. The third kappa shape index (κ3) is 4.00. The molecule has 0 aliphatic carbocycles. The van der Waals surface area contributed by atoms with Gasteiger partial charge in [0.15, 0.2) is 0 Å². The van der Waals surface area contributed by atoms with Crippen molar-refractivity contribution in [2.45, 2.75) is 65.3 Å². The summed E-state index contributed by atoms with van der Waals surface area (Å²) in [5.41, 5.74) is 2.60. The van der Waals surface area contributed by atoms with E-state index < -0.39 is 23.6 Å². The third-order valence-electron chi connectivity index (χ3n) is 4.94. The number of carbonyl (C=O) groups excluding carboxylic acids is 4. The molecule has 2 heterocycles. The van der Waals surface area contributed by atoms with E-state index in [2.05, 4.69) is 10.6 Å². The Kier molecular flexibility index (Phi) is 5.14. The van der Waals surface area contributed by atoms with Crippen molar-refractivity contribution in [1.29, 1.82) is 0 Å². The van der Waals surface area contributed by atoms with Gasteiger partial charge in [0.05, 0.1) is 0 Å². The highest BCUT2D eigenvalue weighted by Crippen LogP contribution is 2.31. The predicted molar refractivity (Wildman–Crippen MR) is 100 cm³/mol. The van der Waals surface area contributed by atoms with Crippen LogP contribution in [0.1, 0.15) is 60.7 Å². The van der Waals surface area contributed by atoms with Crippen molar-refractivity contribution in [3.8, 4) is 0 Å². The maximum atomic E-state index is 12.8. The minimum Gasteiger partial charge on any atom is -0.444 e. The van der Waals surface area contributed by atoms with Crippen molar-refractivity contribution < 1.29 is 23.9 Å². The zero-order chi connectivity index (χ0) is 20.6. The fourth-order valence-electron chi connectivity index (χ4n) is 3.51. The van der Waals surface area contributed by atoms with Crippen LogP contribution in [0.2, 0.25) is 0 Å². The predicted octanol–water partition coefficient (Wildman–Crippen LogP) is 1.78. The topological polar surface area (TPSA) is 105 Å². The van der Waals surface area contributed by atoms with Gasteiger partial charge in [-0.3, -0.25) is 19.7 Å². The number of fused-ring (bicyclic) bond motifs is 1. The van der Waals surface area contributed by atoms with E-state index in [1.807, 2.05) is 6.92 Å². The summed E-state index contributed by atoms with van der Waals surface area (Å²) in [6.45, 7) is 7.87. The molecule has 1 unspecified atom stereocenters. The lowest BCUT2D eigenvalue weighted by Gasteiger charge is -2.29. The van der Waals surface area contributed by atoms with E-state index in [0.717, 1.165) is 16.7 Å². The first-order valence-electron chi connectivity index (χ1n) is 9.29. The SMILES string of the molecule is Cc1c(CNC(=O)OC(C)(C)C)ccc2c1CN(C1CCC(=O)NC1=O)C2=O. The number of carbonyl (C=O) groups is 4. The summed E-state index contributed by atoms with van der Waals surface area (Å²) < 4.78 is 5.24. The molecule has 0 aromatic heterocycles. The highest BCUT2D eigenvalue weighted by atomic mass is 16.6. The minimum absolute atomic E-state index is 0.209. The number of rotatable bonds is 3. The third-order valence-corrected chi connectivity index (χ3v) is 4.94. The molecule has 0 radical (unpaired) electrons. The number of nitrogens with one attached hydrogen (secondary N) is 2. The molecule has 8 heteroatoms. The molecule has 2 aliphatic rings. The van der Waals surface area contributed by atoms with Gasteiger partial charge in [-0.05, 0) is 56.9 Å². The van der Waals surface area contributed by atoms with E-state index in [9.17, 15) is 19.2 Å². The Morgan fingerprint density at radius 2 is 2.00 bits per heavy atom. The lowest BCUT2D eigenvalue weighted by atomic mass is 9.98. The monoisotopic (exact) mass is 387 g/mol. The lowest BCUT2D eigenvalue weighted by molar-refractivity contribution is -0.136. The van der Waals surface area contributed by atoms with Gasteiger partial charge in [-0.2, -0.15) is 0 Å². The summed E-state index contributed by atoms with van der Waals surface area (Å²) in [6, 6.07) is 2.89. The van der Waals surface area contributed by atoms with Crippen LogP contribution in [0, 0.1) is 6.92 Å². The molecule has 0 spiro atoms. The molecule has 1 saturated heterocycles. The van der Waals surface area contributed by atoms with Gasteiger partial charge in [-0.25, -0.2) is 4.79 Å². The number of nitrogens with zero attached hydrogens (tertiary/aromatic N) is 1. The first-order valence-corrected chi connectivity index (χ1v) is 9.29. The van der Waals surface area contributed by atoms with Gasteiger partial charge in [0.25, 0.3) is 5.91 Å². The number of amides is 4. The average molecular weight is 387 g/mol. The van der Waals surface area contributed by atoms with Crippen LogP contribution in [-0.2, 0) is 27.4 Å². The number of ether oxygens (including phenoxy) is 1. The van der Waals surface area contributed by atoms with Crippen molar-refractivity contribution in [3.05, 3.63) is 34.4 Å². The van der Waals surface area contributed by atoms with Gasteiger partial charge < -0.3 is 15.0 Å². The number of hydrogen-bond donors (Lipinski definition) is 2. The number of piperidine rings is 1. The molecule has 1 aromatic carbocycles. The van der Waals surface area contributed by atoms with E-state index in [-0.39, 0.29) is 24.8 Å². The summed E-state index contributed by atoms with van der Waals surface area (Å²) in [5, 5.41) is 5.02. The Bertz CT molecular complexity index is 856. The largest absolute Gasteiger partial charge is 0.444 e. The highest BCUT2D eigenvalue weighted by molar-refractivity contribution is 6.05. The summed E-state index contributed by atoms with van der Waals surface area (Å²) in [4.78, 5) is 49.7. The Labute approximate surface area is 163 Å². The summed E-state index contributed by atoms with van der Waals surface area (Å²) in [5.74, 6) is -0.946. The van der Waals surface area contributed by atoms with Crippen molar-refractivity contribution in [1.82, 2.24) is 15.5 Å². The van der Waals surface area contributed by atoms with Crippen molar-refractivity contribution in [3.63, 3.8) is 0 Å². The second-order valence-electron chi connectivity index (χ2n) is 8.13. The quantitative estimate of drug-likeness (QED) is 0.770. The molecule has 0 bridgehead atoms. The van der Waals surface area contributed by atoms with Gasteiger partial charge in [0.1, 0.15) is 11.6 Å². The lowest BCUT2D eigenvalue weighted by Crippen LogP contribution is -2.52. The van der Waals surface area contributed by atoms with Crippen LogP contribution in [0.25, 0.3) is 0 Å². The smallest absolute Gasteiger partial charge is 0.407 e. The van der Waals surface area contributed by atoms with Crippen LogP contribution in [0.3, 0.4) is 0 Å². The fraction of sp³-hybridized carbons (Fsp3) is 0.500. The second-order valence-corrected chi connectivity index (χ2v) is 8.13. The average Bonchev–Trinajstić information content (AvgIpc) is 2.90. The highest BCUT2D eigenvalue weighted by Gasteiger charge is 2.39. The van der Waals surface area contributed by atoms with Crippen LogP contribution in [0.5, 0.6) is 0 Å². The molecule has 1 aromatic rings. The van der Waals surface area contributed by atoms with Gasteiger partial charge in [0, 0.05) is 25.1 Å². The summed E-state index contributed by atoms with van der Waals surface area (Å²) >= 11 is 0. The normalized spacial score (nSPS) is 19.4. The molecular formula is C20H25N3O5. The molecule has 2 aliphatic heterocycles. The standard InChI is InChI=1S/C20H25N3O5/c1-11-12(9-21-19(27)28-20(2,3)4)5-6-13-14(11)10-23(18(13)26)15-7-8-16(24)22-17(15)25/h5-6,15H,7-10H2,1-4H3,(H,21,27)(H,22,24,25). The van der Waals surface area contributed by atoms with Crippen LogP contribution in [0.4, 0.5) is 4.79 Å². The number of hydrogen-bond acceptors (Lipinski definition) is 5. The first-order chi connectivity index (χ1) is 13.1. The van der Waals surface area contributed by atoms with E-state index in [1.54, 1.807) is 32.9 Å². The molecular weight excluding hydrogens is 362 g/mol. The maximum absolute atomic E-state index is 12.8. The van der Waals surface area contributed by atoms with Gasteiger partial charge >= 0.3 is 6.09 Å². The van der Waals surface area contributed by atoms with Crippen LogP contribution >= 0.6 is 0 Å². The Morgan fingerprint density at radius 3 is 2.64 bits per heavy atom. The Balaban J connectivity index is 1.73. The number of alkyl carbamates (subject to hydrolysis) is 1. The molecule has 4 amide bonds. The molecule has 0 saturated carbocycles. The van der Waals surface area contributed by atoms with Crippen molar-refractivity contribution >= 4 is 23.8 Å². The summed E-state index contributed by atoms with van der Waals surface area (Å²) in [7, 11) is 0. The molecule has 150 valence electrons. The Morgan fingerprint density at radius 1 is 1.29 bits per heavy atom. The van der Waals surface area contributed by atoms with Gasteiger partial charge in [0.2, 0.25) is 11.8 Å². The number of imide groups is 1. The molecule has 2 N–H and O–H groups in total. The molecule has 28 heavy (non-hydrogen) atoms. The first kappa shape index (κ1) is 19.9. The van der Waals surface area contributed by atoms with E-state index in [4.69, 9.17) is 4.74 Å². The fourth-order valence-corrected chi connectivity index (χ4v) is 3.51. The van der Waals surface area contributed by atoms with Crippen LogP contribution in [0.15, 0.2) is 12.1 Å². The van der Waals surface area contributed by atoms with E-state index >= 15 is 0 Å². The molecule has 3 rings (SSSR count). The van der Waals surface area contributed by atoms with Crippen LogP contribution < -0.4 is 10.6 Å². The summed E-state index contributed by atoms with van der Waals surface area (Å²) in [6.07, 6.45) is 0.0468.